The quantitative estimate of drug-likeness (QED) is 0.434. The first-order valence-corrected chi connectivity index (χ1v) is 11.1. The van der Waals surface area contributed by atoms with Crippen LogP contribution >= 0.6 is 11.3 Å². The summed E-state index contributed by atoms with van der Waals surface area (Å²) in [7, 11) is 0. The Balaban J connectivity index is 1.70. The number of amides is 1. The first kappa shape index (κ1) is 24.3. The van der Waals surface area contributed by atoms with Crippen LogP contribution in [-0.4, -0.2) is 29.2 Å². The van der Waals surface area contributed by atoms with Crippen LogP contribution in [0.15, 0.2) is 36.0 Å². The van der Waals surface area contributed by atoms with Crippen molar-refractivity contribution < 1.29 is 22.7 Å². The molecule has 0 saturated heterocycles. The molecule has 172 valence electrons. The number of hydrogen-bond donors (Lipinski definition) is 1. The summed E-state index contributed by atoms with van der Waals surface area (Å²) >= 11 is 1.40. The van der Waals surface area contributed by atoms with Crippen LogP contribution in [-0.2, 0) is 11.2 Å². The maximum Gasteiger partial charge on any atom is 0.389 e. The molecule has 33 heavy (non-hydrogen) atoms. The third kappa shape index (κ3) is 6.36. The average molecular weight is 474 g/mol. The third-order valence-electron chi connectivity index (χ3n) is 5.24. The first-order valence-electron chi connectivity index (χ1n) is 10.3. The second kappa shape index (κ2) is 10.1. The highest BCUT2D eigenvalue weighted by molar-refractivity contribution is 7.12. The molecule has 5 nitrogen and oxygen atoms in total. The average Bonchev–Trinajstić information content (AvgIpc) is 3.21. The normalized spacial score (nSPS) is 18.4. The number of thiazole rings is 1. The molecule has 3 rings (SSSR count). The number of nitrogens with zero attached hydrogens (tertiary/aromatic N) is 2. The lowest BCUT2D eigenvalue weighted by Gasteiger charge is -2.34. The van der Waals surface area contributed by atoms with Gasteiger partial charge in [-0.15, -0.1) is 17.8 Å². The molecule has 1 aliphatic rings. The molecule has 1 amide bonds. The lowest BCUT2D eigenvalue weighted by molar-refractivity contribution is -0.136. The molecule has 0 saturated carbocycles. The number of halogens is 3. The van der Waals surface area contributed by atoms with Gasteiger partial charge in [-0.25, -0.2) is 4.98 Å². The molecule has 2 heterocycles. The zero-order valence-corrected chi connectivity index (χ0v) is 18.8. The van der Waals surface area contributed by atoms with Gasteiger partial charge < -0.3 is 10.1 Å². The Kier molecular flexibility index (Phi) is 7.45. The van der Waals surface area contributed by atoms with E-state index in [1.807, 2.05) is 19.1 Å². The van der Waals surface area contributed by atoms with Crippen molar-refractivity contribution in [3.63, 3.8) is 0 Å². The molecule has 1 atom stereocenters. The van der Waals surface area contributed by atoms with E-state index in [0.717, 1.165) is 10.4 Å². The van der Waals surface area contributed by atoms with E-state index in [0.29, 0.717) is 29.2 Å². The summed E-state index contributed by atoms with van der Waals surface area (Å²) in [5.74, 6) is 2.66. The number of terminal acetylenes is 1. The number of carbonyl (C=O) groups is 1. The first-order chi connectivity index (χ1) is 15.6. The zero-order chi connectivity index (χ0) is 24.1. The number of ether oxygens (including phenoxy) is 1. The van der Waals surface area contributed by atoms with E-state index in [1.165, 1.54) is 11.3 Å². The number of hydrogen-bond acceptors (Lipinski definition) is 5. The zero-order valence-electron chi connectivity index (χ0n) is 18.0. The highest BCUT2D eigenvalue weighted by Crippen LogP contribution is 2.36. The van der Waals surface area contributed by atoms with Crippen LogP contribution < -0.4 is 10.1 Å². The Bertz CT molecular complexity index is 1140. The van der Waals surface area contributed by atoms with E-state index in [4.69, 9.17) is 11.2 Å². The van der Waals surface area contributed by atoms with Crippen molar-refractivity contribution >= 4 is 22.8 Å². The van der Waals surface area contributed by atoms with E-state index < -0.39 is 24.0 Å². The molecule has 0 bridgehead atoms. The smallest absolute Gasteiger partial charge is 0.389 e. The Morgan fingerprint density at radius 2 is 2.18 bits per heavy atom. The Labute approximate surface area is 194 Å². The van der Waals surface area contributed by atoms with Gasteiger partial charge in [0.15, 0.2) is 0 Å². The van der Waals surface area contributed by atoms with Crippen LogP contribution in [0.4, 0.5) is 13.2 Å². The Morgan fingerprint density at radius 1 is 1.39 bits per heavy atom. The summed E-state index contributed by atoms with van der Waals surface area (Å²) in [6, 6.07) is 9.02. The summed E-state index contributed by atoms with van der Waals surface area (Å²) in [5, 5.41) is 12.9. The predicted octanol–water partition coefficient (Wildman–Crippen LogP) is 4.97. The van der Waals surface area contributed by atoms with E-state index in [1.54, 1.807) is 24.4 Å². The number of nitrogens with one attached hydrogen (secondary N) is 1. The fourth-order valence-corrected chi connectivity index (χ4v) is 4.38. The molecule has 2 aromatic rings. The van der Waals surface area contributed by atoms with Crippen LogP contribution in [0.1, 0.15) is 41.1 Å². The van der Waals surface area contributed by atoms with Gasteiger partial charge in [0.1, 0.15) is 27.9 Å². The maximum absolute atomic E-state index is 12.7. The predicted molar refractivity (Wildman–Crippen MR) is 119 cm³/mol. The van der Waals surface area contributed by atoms with Crippen LogP contribution in [0, 0.1) is 30.6 Å². The fraction of sp³-hybridized carbons (Fsp3) is 0.375. The molecule has 0 unspecified atom stereocenters. The van der Waals surface area contributed by atoms with Crippen molar-refractivity contribution in [1.29, 1.82) is 5.26 Å². The van der Waals surface area contributed by atoms with Crippen molar-refractivity contribution in [2.24, 2.45) is 0 Å². The highest BCUT2D eigenvalue weighted by Gasteiger charge is 2.39. The van der Waals surface area contributed by atoms with Gasteiger partial charge >= 0.3 is 6.18 Å². The molecule has 1 aliphatic heterocycles. The lowest BCUT2D eigenvalue weighted by atomic mass is 9.81. The van der Waals surface area contributed by atoms with Crippen LogP contribution in [0.2, 0.25) is 0 Å². The van der Waals surface area contributed by atoms with Crippen molar-refractivity contribution in [1.82, 2.24) is 10.3 Å². The van der Waals surface area contributed by atoms with Gasteiger partial charge in [0, 0.05) is 29.5 Å². The SMILES string of the molecule is C#C[C@]1(CCc2cccc(OCCCC(F)(F)F)c2)CC(c2ncc(C)s2)=C(C#N)C(=O)N1. The molecule has 1 aromatic heterocycles. The van der Waals surface area contributed by atoms with Gasteiger partial charge in [-0.05, 0) is 43.9 Å². The number of alkyl halides is 3. The van der Waals surface area contributed by atoms with Crippen LogP contribution in [0.5, 0.6) is 5.75 Å². The van der Waals surface area contributed by atoms with Gasteiger partial charge in [-0.2, -0.15) is 18.4 Å². The molecule has 0 spiro atoms. The van der Waals surface area contributed by atoms with Gasteiger partial charge in [-0.1, -0.05) is 18.1 Å². The summed E-state index contributed by atoms with van der Waals surface area (Å²) < 4.78 is 42.3. The Morgan fingerprint density at radius 3 is 2.82 bits per heavy atom. The molecule has 0 aliphatic carbocycles. The molecule has 0 radical (unpaired) electrons. The van der Waals surface area contributed by atoms with Gasteiger partial charge in [0.05, 0.1) is 6.61 Å². The monoisotopic (exact) mass is 473 g/mol. The molecular weight excluding hydrogens is 451 g/mol. The molecular formula is C24H22F3N3O2S. The van der Waals surface area contributed by atoms with E-state index in [2.05, 4.69) is 16.2 Å². The number of carbonyl (C=O) groups excluding carboxylic acids is 1. The second-order valence-electron chi connectivity index (χ2n) is 7.81. The summed E-state index contributed by atoms with van der Waals surface area (Å²) in [4.78, 5) is 17.9. The number of aromatic nitrogens is 1. The van der Waals surface area contributed by atoms with Crippen LogP contribution in [0.3, 0.4) is 0 Å². The molecule has 1 N–H and O–H groups in total. The van der Waals surface area contributed by atoms with Crippen LogP contribution in [0.25, 0.3) is 5.57 Å². The van der Waals surface area contributed by atoms with Gasteiger partial charge in [-0.3, -0.25) is 4.79 Å². The highest BCUT2D eigenvalue weighted by atomic mass is 32.1. The summed E-state index contributed by atoms with van der Waals surface area (Å²) in [6.07, 6.45) is 3.49. The van der Waals surface area contributed by atoms with E-state index >= 15 is 0 Å². The standard InChI is InChI=1S/C24H22F3N3O2S/c1-3-23(13-19(20(14-28)21(31)30-23)22-29-15-16(2)33-22)10-8-17-6-4-7-18(12-17)32-11-5-9-24(25,26)27/h1,4,6-7,12,15H,5,8-11,13H2,2H3,(H,30,31)/t23-/m0/s1. The largest absolute Gasteiger partial charge is 0.494 e. The maximum atomic E-state index is 12.7. The fourth-order valence-electron chi connectivity index (χ4n) is 3.57. The van der Waals surface area contributed by atoms with Crippen molar-refractivity contribution in [2.45, 2.75) is 50.7 Å². The van der Waals surface area contributed by atoms with Crippen molar-refractivity contribution in [2.75, 3.05) is 6.61 Å². The Hall–Kier alpha value is -3.30. The summed E-state index contributed by atoms with van der Waals surface area (Å²) in [5.41, 5.74) is 0.438. The molecule has 9 heteroatoms. The van der Waals surface area contributed by atoms with Crippen molar-refractivity contribution in [3.05, 3.63) is 51.5 Å². The van der Waals surface area contributed by atoms with Gasteiger partial charge in [0.2, 0.25) is 0 Å². The minimum Gasteiger partial charge on any atom is -0.494 e. The molecule has 1 aromatic carbocycles. The minimum absolute atomic E-state index is 0.0180. The van der Waals surface area contributed by atoms with E-state index in [-0.39, 0.29) is 25.0 Å². The lowest BCUT2D eigenvalue weighted by Crippen LogP contribution is -2.51. The number of aryl methyl sites for hydroxylation is 2. The van der Waals surface area contributed by atoms with E-state index in [9.17, 15) is 23.2 Å². The minimum atomic E-state index is -4.20. The number of nitriles is 1. The van der Waals surface area contributed by atoms with Gasteiger partial charge in [0.25, 0.3) is 5.91 Å². The third-order valence-corrected chi connectivity index (χ3v) is 6.21. The van der Waals surface area contributed by atoms with Crippen molar-refractivity contribution in [3.8, 4) is 24.2 Å². The molecule has 0 fully saturated rings. The second-order valence-corrected chi connectivity index (χ2v) is 9.05. The number of rotatable bonds is 8. The number of benzene rings is 1. The summed E-state index contributed by atoms with van der Waals surface area (Å²) in [6.45, 7) is 1.86. The topological polar surface area (TPSA) is 75.0 Å².